The van der Waals surface area contributed by atoms with Crippen molar-refractivity contribution in [3.63, 3.8) is 0 Å². The maximum absolute atomic E-state index is 13.1. The van der Waals surface area contributed by atoms with E-state index in [0.717, 1.165) is 17.7 Å². The number of carbonyl (C=O) groups excluding carboxylic acids is 2. The Morgan fingerprint density at radius 2 is 1.60 bits per heavy atom. The first-order chi connectivity index (χ1) is 19.6. The van der Waals surface area contributed by atoms with Crippen LogP contribution in [0.4, 0.5) is 16.5 Å². The van der Waals surface area contributed by atoms with Gasteiger partial charge in [-0.05, 0) is 61.2 Å². The first-order valence-electron chi connectivity index (χ1n) is 13.2. The molecule has 40 heavy (non-hydrogen) atoms. The summed E-state index contributed by atoms with van der Waals surface area (Å²) in [5.41, 5.74) is 8.33. The fraction of sp³-hybridized carbons (Fsp3) is 0.267. The molecule has 10 nitrogen and oxygen atoms in total. The molecule has 1 amide bonds. The van der Waals surface area contributed by atoms with Gasteiger partial charge in [-0.2, -0.15) is 4.98 Å². The Morgan fingerprint density at radius 1 is 0.900 bits per heavy atom. The van der Waals surface area contributed by atoms with Crippen LogP contribution >= 0.6 is 0 Å². The molecule has 10 heteroatoms. The number of hydrogen-bond acceptors (Lipinski definition) is 9. The molecule has 1 aromatic heterocycles. The van der Waals surface area contributed by atoms with Crippen LogP contribution in [0.3, 0.4) is 0 Å². The molecule has 0 saturated carbocycles. The molecule has 0 saturated heterocycles. The summed E-state index contributed by atoms with van der Waals surface area (Å²) in [4.78, 5) is 29.7. The molecule has 0 radical (unpaired) electrons. The molecule has 0 fully saturated rings. The van der Waals surface area contributed by atoms with Crippen molar-refractivity contribution >= 4 is 23.6 Å². The lowest BCUT2D eigenvalue weighted by molar-refractivity contribution is 0.0896. The minimum atomic E-state index is -0.882. The molecule has 1 unspecified atom stereocenters. The number of benzene rings is 3. The van der Waals surface area contributed by atoms with Gasteiger partial charge in [0, 0.05) is 12.1 Å². The number of hydrogen-bond donors (Lipinski definition) is 3. The molecule has 1 heterocycles. The molecule has 3 aromatic carbocycles. The van der Waals surface area contributed by atoms with E-state index in [2.05, 4.69) is 32.9 Å². The first-order valence-corrected chi connectivity index (χ1v) is 13.2. The van der Waals surface area contributed by atoms with E-state index in [1.807, 2.05) is 72.8 Å². The van der Waals surface area contributed by atoms with Gasteiger partial charge in [-0.15, -0.1) is 0 Å². The van der Waals surface area contributed by atoms with Gasteiger partial charge in [0.2, 0.25) is 11.6 Å². The van der Waals surface area contributed by atoms with E-state index in [1.165, 1.54) is 5.56 Å². The molecule has 208 valence electrons. The first kappa shape index (κ1) is 28.3. The number of unbranched alkanes of at least 4 members (excludes halogenated alkanes) is 1. The smallest absolute Gasteiger partial charge is 0.408 e. The second kappa shape index (κ2) is 15.0. The molecule has 0 bridgehead atoms. The van der Waals surface area contributed by atoms with E-state index in [0.29, 0.717) is 38.1 Å². The number of ketones is 1. The number of nitrogens with two attached hydrogens (primary N) is 1. The topological polar surface area (TPSA) is 142 Å². The molecular formula is C30H33N5O5. The molecule has 0 aliphatic carbocycles. The molecule has 0 spiro atoms. The summed E-state index contributed by atoms with van der Waals surface area (Å²) in [6.07, 6.45) is 1.80. The summed E-state index contributed by atoms with van der Waals surface area (Å²) in [6, 6.07) is 25.8. The molecule has 4 N–H and O–H groups in total. The number of aromatic nitrogens is 2. The van der Waals surface area contributed by atoms with Crippen molar-refractivity contribution in [3.05, 3.63) is 102 Å². The predicted molar refractivity (Wildman–Crippen MR) is 150 cm³/mol. The molecular weight excluding hydrogens is 510 g/mol. The van der Waals surface area contributed by atoms with E-state index in [-0.39, 0.29) is 18.4 Å². The second-order valence-corrected chi connectivity index (χ2v) is 9.06. The SMILES string of the molecule is NCCCCC(NC(=O)OCc1ccccc1)C(=O)c1noc(Nc2ccc(OCCc3ccccc3)cc2)n1. The van der Waals surface area contributed by atoms with Crippen molar-refractivity contribution in [2.24, 2.45) is 5.73 Å². The summed E-state index contributed by atoms with van der Waals surface area (Å²) in [5, 5.41) is 9.42. The maximum Gasteiger partial charge on any atom is 0.408 e. The van der Waals surface area contributed by atoms with E-state index in [4.69, 9.17) is 19.7 Å². The van der Waals surface area contributed by atoms with Gasteiger partial charge >= 0.3 is 12.1 Å². The van der Waals surface area contributed by atoms with Crippen LogP contribution in [0.15, 0.2) is 89.5 Å². The van der Waals surface area contributed by atoms with Gasteiger partial charge in [-0.25, -0.2) is 4.79 Å². The number of amides is 1. The van der Waals surface area contributed by atoms with Gasteiger partial charge in [0.05, 0.1) is 12.6 Å². The van der Waals surface area contributed by atoms with Gasteiger partial charge < -0.3 is 30.4 Å². The largest absolute Gasteiger partial charge is 0.493 e. The van der Waals surface area contributed by atoms with Crippen molar-refractivity contribution in [2.45, 2.75) is 38.3 Å². The minimum Gasteiger partial charge on any atom is -0.493 e. The standard InChI is InChI=1S/C30H33N5O5/c31-19-8-7-13-26(33-30(37)39-21-23-11-5-2-6-12-23)27(36)28-34-29(40-35-28)32-24-14-16-25(17-15-24)38-20-18-22-9-3-1-4-10-22/h1-6,9-12,14-17,26H,7-8,13,18-21,31H2,(H,33,37)(H,32,34,35). The summed E-state index contributed by atoms with van der Waals surface area (Å²) >= 11 is 0. The zero-order valence-corrected chi connectivity index (χ0v) is 22.1. The highest BCUT2D eigenvalue weighted by Crippen LogP contribution is 2.20. The van der Waals surface area contributed by atoms with Gasteiger partial charge in [0.15, 0.2) is 0 Å². The molecule has 4 rings (SSSR count). The molecule has 0 aliphatic rings. The van der Waals surface area contributed by atoms with E-state index in [1.54, 1.807) is 0 Å². The van der Waals surface area contributed by atoms with Crippen LogP contribution in [0.5, 0.6) is 5.75 Å². The van der Waals surface area contributed by atoms with Crippen molar-refractivity contribution in [1.82, 2.24) is 15.5 Å². The lowest BCUT2D eigenvalue weighted by Gasteiger charge is -2.16. The monoisotopic (exact) mass is 543 g/mol. The molecule has 0 aliphatic heterocycles. The van der Waals surface area contributed by atoms with Crippen LogP contribution in [-0.2, 0) is 17.8 Å². The number of Topliss-reactive ketones (excluding diaryl/α,β-unsaturated/α-hetero) is 1. The highest BCUT2D eigenvalue weighted by Gasteiger charge is 2.27. The normalized spacial score (nSPS) is 11.4. The Hall–Kier alpha value is -4.70. The summed E-state index contributed by atoms with van der Waals surface area (Å²) in [7, 11) is 0. The highest BCUT2D eigenvalue weighted by atomic mass is 16.5. The van der Waals surface area contributed by atoms with E-state index < -0.39 is 17.9 Å². The number of alkyl carbamates (subject to hydrolysis) is 1. The van der Waals surface area contributed by atoms with E-state index >= 15 is 0 Å². The van der Waals surface area contributed by atoms with Gasteiger partial charge in [0.25, 0.3) is 0 Å². The Balaban J connectivity index is 1.30. The van der Waals surface area contributed by atoms with Gasteiger partial charge in [0.1, 0.15) is 12.4 Å². The van der Waals surface area contributed by atoms with Crippen LogP contribution in [0, 0.1) is 0 Å². The third-order valence-electron chi connectivity index (χ3n) is 6.02. The summed E-state index contributed by atoms with van der Waals surface area (Å²) in [5.74, 6) is 0.102. The van der Waals surface area contributed by atoms with Crippen molar-refractivity contribution in [3.8, 4) is 5.75 Å². The number of carbonyl (C=O) groups is 2. The van der Waals surface area contributed by atoms with Gasteiger partial charge in [-0.3, -0.25) is 4.79 Å². The van der Waals surface area contributed by atoms with E-state index in [9.17, 15) is 9.59 Å². The Bertz CT molecular complexity index is 1330. The average Bonchev–Trinajstić information content (AvgIpc) is 3.46. The number of anilines is 2. The zero-order chi connectivity index (χ0) is 28.0. The molecule has 4 aromatic rings. The lowest BCUT2D eigenvalue weighted by Crippen LogP contribution is -2.41. The Labute approximate surface area is 232 Å². The van der Waals surface area contributed by atoms with Gasteiger partial charge in [-0.1, -0.05) is 65.8 Å². The zero-order valence-electron chi connectivity index (χ0n) is 22.1. The number of nitrogens with one attached hydrogen (secondary N) is 2. The van der Waals surface area contributed by atoms with Crippen LogP contribution < -0.4 is 21.1 Å². The Morgan fingerprint density at radius 3 is 2.30 bits per heavy atom. The number of ether oxygens (including phenoxy) is 2. The van der Waals surface area contributed by atoms with Crippen LogP contribution in [0.25, 0.3) is 0 Å². The van der Waals surface area contributed by atoms with Crippen LogP contribution in [0.2, 0.25) is 0 Å². The lowest BCUT2D eigenvalue weighted by atomic mass is 10.1. The van der Waals surface area contributed by atoms with Crippen molar-refractivity contribution in [1.29, 1.82) is 0 Å². The highest BCUT2D eigenvalue weighted by molar-refractivity contribution is 5.98. The van der Waals surface area contributed by atoms with Crippen LogP contribution in [-0.4, -0.2) is 41.2 Å². The van der Waals surface area contributed by atoms with Crippen molar-refractivity contribution in [2.75, 3.05) is 18.5 Å². The minimum absolute atomic E-state index is 0.0495. The summed E-state index contributed by atoms with van der Waals surface area (Å²) < 4.78 is 16.3. The molecule has 1 atom stereocenters. The third kappa shape index (κ3) is 8.95. The third-order valence-corrected chi connectivity index (χ3v) is 6.02. The van der Waals surface area contributed by atoms with Crippen molar-refractivity contribution < 1.29 is 23.6 Å². The second-order valence-electron chi connectivity index (χ2n) is 9.06. The summed E-state index contributed by atoms with van der Waals surface area (Å²) in [6.45, 7) is 1.13. The van der Waals surface area contributed by atoms with Crippen LogP contribution in [0.1, 0.15) is 41.0 Å². The average molecular weight is 544 g/mol. The maximum atomic E-state index is 13.1. The quantitative estimate of drug-likeness (QED) is 0.139. The predicted octanol–water partition coefficient (Wildman–Crippen LogP) is 5.04. The fourth-order valence-electron chi connectivity index (χ4n) is 3.89. The number of rotatable bonds is 15. The Kier molecular flexibility index (Phi) is 10.6. The fourth-order valence-corrected chi connectivity index (χ4v) is 3.89. The number of nitrogens with zero attached hydrogens (tertiary/aromatic N) is 2.